The van der Waals surface area contributed by atoms with E-state index < -0.39 is 0 Å². The number of benzene rings is 3. The molecule has 0 saturated carbocycles. The Balaban J connectivity index is 1.36. The number of phenolic OH excluding ortho intramolecular Hbond substituents is 2. The molecule has 5 rings (SSSR count). The maximum Gasteiger partial charge on any atom is 0.263 e. The van der Waals surface area contributed by atoms with Gasteiger partial charge in [-0.3, -0.25) is 9.36 Å². The van der Waals surface area contributed by atoms with Gasteiger partial charge in [0, 0.05) is 5.69 Å². The monoisotopic (exact) mass is 484 g/mol. The van der Waals surface area contributed by atoms with Crippen LogP contribution in [-0.2, 0) is 0 Å². The molecule has 1 fully saturated rings. The van der Waals surface area contributed by atoms with Gasteiger partial charge in [-0.2, -0.15) is 0 Å². The fraction of sp³-hybridized carbons (Fsp3) is 0.300. The Morgan fingerprint density at radius 2 is 1.50 bits per heavy atom. The van der Waals surface area contributed by atoms with Crippen molar-refractivity contribution in [3.8, 4) is 34.2 Å². The summed E-state index contributed by atoms with van der Waals surface area (Å²) in [6.07, 6.45) is 6.14. The number of aromatic nitrogens is 1. The Morgan fingerprint density at radius 1 is 0.778 bits per heavy atom. The number of unbranched alkanes of at least 4 members (excludes halogenated alkanes) is 1. The summed E-state index contributed by atoms with van der Waals surface area (Å²) in [5, 5.41) is 20.9. The average molecular weight is 485 g/mol. The first-order chi connectivity index (χ1) is 17.6. The topological polar surface area (TPSA) is 74.9 Å². The average Bonchev–Trinajstić information content (AvgIpc) is 2.90. The Hall–Kier alpha value is -3.77. The smallest absolute Gasteiger partial charge is 0.263 e. The molecule has 0 spiro atoms. The number of phenols is 2. The zero-order valence-electron chi connectivity index (χ0n) is 20.4. The van der Waals surface area contributed by atoms with Crippen LogP contribution in [0.1, 0.15) is 32.1 Å². The van der Waals surface area contributed by atoms with Gasteiger partial charge in [0.15, 0.2) is 0 Å². The van der Waals surface area contributed by atoms with Crippen molar-refractivity contribution in [1.29, 1.82) is 0 Å². The minimum atomic E-state index is -0.224. The summed E-state index contributed by atoms with van der Waals surface area (Å²) in [7, 11) is 0. The van der Waals surface area contributed by atoms with Crippen molar-refractivity contribution in [1.82, 2.24) is 9.47 Å². The number of rotatable bonds is 8. The van der Waals surface area contributed by atoms with Crippen LogP contribution in [0.5, 0.6) is 17.2 Å². The van der Waals surface area contributed by atoms with Crippen molar-refractivity contribution >= 4 is 10.8 Å². The molecule has 186 valence electrons. The Bertz CT molecular complexity index is 1370. The lowest BCUT2D eigenvalue weighted by molar-refractivity contribution is 0.216. The molecule has 0 radical (unpaired) electrons. The molecule has 6 heteroatoms. The number of pyridine rings is 1. The first-order valence-electron chi connectivity index (χ1n) is 12.7. The minimum absolute atomic E-state index is 0.0487. The second-order valence-corrected chi connectivity index (χ2v) is 9.44. The number of hydrogen-bond acceptors (Lipinski definition) is 5. The van der Waals surface area contributed by atoms with E-state index in [-0.39, 0.29) is 17.1 Å². The van der Waals surface area contributed by atoms with Crippen molar-refractivity contribution < 1.29 is 14.9 Å². The molecule has 0 amide bonds. The minimum Gasteiger partial charge on any atom is -0.508 e. The highest BCUT2D eigenvalue weighted by molar-refractivity contribution is 5.87. The zero-order valence-corrected chi connectivity index (χ0v) is 20.4. The van der Waals surface area contributed by atoms with Crippen LogP contribution in [0.15, 0.2) is 77.6 Å². The molecule has 2 heterocycles. The van der Waals surface area contributed by atoms with Crippen molar-refractivity contribution in [2.45, 2.75) is 32.1 Å². The van der Waals surface area contributed by atoms with E-state index in [2.05, 4.69) is 4.90 Å². The molecule has 2 N–H and O–H groups in total. The molecule has 6 nitrogen and oxygen atoms in total. The van der Waals surface area contributed by atoms with Gasteiger partial charge in [-0.1, -0.05) is 12.5 Å². The highest BCUT2D eigenvalue weighted by Crippen LogP contribution is 2.28. The third-order valence-electron chi connectivity index (χ3n) is 6.85. The molecule has 3 aromatic carbocycles. The molecule has 0 atom stereocenters. The number of nitrogens with zero attached hydrogens (tertiary/aromatic N) is 2. The van der Waals surface area contributed by atoms with Crippen LogP contribution >= 0.6 is 0 Å². The van der Waals surface area contributed by atoms with Crippen LogP contribution in [0.4, 0.5) is 0 Å². The second kappa shape index (κ2) is 10.9. The van der Waals surface area contributed by atoms with E-state index in [1.54, 1.807) is 41.0 Å². The molecule has 1 aromatic heterocycles. The van der Waals surface area contributed by atoms with E-state index in [9.17, 15) is 15.0 Å². The summed E-state index contributed by atoms with van der Waals surface area (Å²) in [6.45, 7) is 4.26. The molecule has 36 heavy (non-hydrogen) atoms. The lowest BCUT2D eigenvalue weighted by Crippen LogP contribution is -2.30. The predicted molar refractivity (Wildman–Crippen MR) is 143 cm³/mol. The number of ether oxygens (including phenoxy) is 1. The predicted octanol–water partition coefficient (Wildman–Crippen LogP) is 5.71. The van der Waals surface area contributed by atoms with Crippen LogP contribution in [0, 0.1) is 0 Å². The summed E-state index contributed by atoms with van der Waals surface area (Å²) in [4.78, 5) is 16.1. The van der Waals surface area contributed by atoms with E-state index in [0.717, 1.165) is 36.1 Å². The van der Waals surface area contributed by atoms with Gasteiger partial charge in [0.1, 0.15) is 17.2 Å². The van der Waals surface area contributed by atoms with Gasteiger partial charge in [-0.15, -0.1) is 0 Å². The standard InChI is InChI=1S/C30H32N2O4/c33-25-11-6-22(7-12-25)29-20-23-8-13-26(34)21-28(23)30(35)32(29)24-9-14-27(15-10-24)36-19-5-4-18-31-16-2-1-3-17-31/h6-15,20-21,33-34H,1-5,16-19H2. The normalized spacial score (nSPS) is 14.2. The third-order valence-corrected chi connectivity index (χ3v) is 6.85. The van der Waals surface area contributed by atoms with Gasteiger partial charge in [0.2, 0.25) is 0 Å². The van der Waals surface area contributed by atoms with E-state index in [4.69, 9.17) is 4.74 Å². The first kappa shape index (κ1) is 23.9. The van der Waals surface area contributed by atoms with Crippen LogP contribution in [-0.4, -0.2) is 45.9 Å². The van der Waals surface area contributed by atoms with Gasteiger partial charge < -0.3 is 19.8 Å². The lowest BCUT2D eigenvalue weighted by atomic mass is 10.1. The molecule has 4 aromatic rings. The number of piperidine rings is 1. The zero-order chi connectivity index (χ0) is 24.9. The van der Waals surface area contributed by atoms with Crippen molar-refractivity contribution in [3.63, 3.8) is 0 Å². The maximum absolute atomic E-state index is 13.6. The van der Waals surface area contributed by atoms with Gasteiger partial charge in [-0.05, 0) is 123 Å². The molecule has 1 aliphatic heterocycles. The van der Waals surface area contributed by atoms with E-state index in [1.165, 1.54) is 38.4 Å². The number of fused-ring (bicyclic) bond motifs is 1. The molecule has 0 bridgehead atoms. The van der Waals surface area contributed by atoms with Gasteiger partial charge in [0.25, 0.3) is 5.56 Å². The molecular weight excluding hydrogens is 452 g/mol. The van der Waals surface area contributed by atoms with Crippen LogP contribution in [0.3, 0.4) is 0 Å². The fourth-order valence-electron chi connectivity index (χ4n) is 4.90. The van der Waals surface area contributed by atoms with Crippen molar-refractivity contribution in [3.05, 3.63) is 83.2 Å². The van der Waals surface area contributed by atoms with E-state index >= 15 is 0 Å². The summed E-state index contributed by atoms with van der Waals surface area (Å²) < 4.78 is 7.60. The van der Waals surface area contributed by atoms with Crippen molar-refractivity contribution in [2.24, 2.45) is 0 Å². The largest absolute Gasteiger partial charge is 0.508 e. The van der Waals surface area contributed by atoms with Gasteiger partial charge in [-0.25, -0.2) is 0 Å². The molecule has 1 aliphatic rings. The SMILES string of the molecule is O=c1c2cc(O)ccc2cc(-c2ccc(O)cc2)n1-c1ccc(OCCCCN2CCCCC2)cc1. The van der Waals surface area contributed by atoms with E-state index in [0.29, 0.717) is 23.4 Å². The highest BCUT2D eigenvalue weighted by atomic mass is 16.5. The Labute approximate surface area is 211 Å². The summed E-state index contributed by atoms with van der Waals surface area (Å²) in [6, 6.07) is 21.0. The fourth-order valence-corrected chi connectivity index (χ4v) is 4.90. The molecular formula is C30H32N2O4. The first-order valence-corrected chi connectivity index (χ1v) is 12.7. The molecule has 1 saturated heterocycles. The van der Waals surface area contributed by atoms with E-state index in [1.807, 2.05) is 30.3 Å². The van der Waals surface area contributed by atoms with Gasteiger partial charge >= 0.3 is 0 Å². The Morgan fingerprint density at radius 3 is 2.25 bits per heavy atom. The quantitative estimate of drug-likeness (QED) is 0.313. The molecule has 0 unspecified atom stereocenters. The number of hydrogen-bond donors (Lipinski definition) is 2. The number of likely N-dealkylation sites (tertiary alicyclic amines) is 1. The summed E-state index contributed by atoms with van der Waals surface area (Å²) in [5.41, 5.74) is 1.97. The molecule has 0 aliphatic carbocycles. The second-order valence-electron chi connectivity index (χ2n) is 9.44. The van der Waals surface area contributed by atoms with Gasteiger partial charge in [0.05, 0.1) is 17.7 Å². The number of aromatic hydroxyl groups is 2. The summed E-state index contributed by atoms with van der Waals surface area (Å²) >= 11 is 0. The van der Waals surface area contributed by atoms with Crippen LogP contribution in [0.2, 0.25) is 0 Å². The van der Waals surface area contributed by atoms with Crippen LogP contribution in [0.25, 0.3) is 27.7 Å². The highest BCUT2D eigenvalue weighted by Gasteiger charge is 2.14. The summed E-state index contributed by atoms with van der Waals surface area (Å²) in [5.74, 6) is 0.984. The lowest BCUT2D eigenvalue weighted by Gasteiger charge is -2.26. The van der Waals surface area contributed by atoms with Crippen molar-refractivity contribution in [2.75, 3.05) is 26.2 Å². The van der Waals surface area contributed by atoms with Crippen LogP contribution < -0.4 is 10.3 Å². The maximum atomic E-state index is 13.6. The third kappa shape index (κ3) is 5.39. The Kier molecular flexibility index (Phi) is 7.23.